The Bertz CT molecular complexity index is 461. The quantitative estimate of drug-likeness (QED) is 0.806. The van der Waals surface area contributed by atoms with Crippen LogP contribution in [0.4, 0.5) is 5.82 Å². The molecular formula is C14H22N4S. The highest BCUT2D eigenvalue weighted by Crippen LogP contribution is 2.17. The summed E-state index contributed by atoms with van der Waals surface area (Å²) in [7, 11) is 0. The third-order valence-corrected chi connectivity index (χ3v) is 3.90. The second-order valence-corrected chi connectivity index (χ2v) is 5.49. The number of aryl methyl sites for hydroxylation is 1. The van der Waals surface area contributed by atoms with E-state index >= 15 is 0 Å². The molecule has 1 aliphatic rings. The number of aromatic nitrogens is 1. The summed E-state index contributed by atoms with van der Waals surface area (Å²) in [4.78, 5) is 7.42. The molecule has 0 aromatic carbocycles. The van der Waals surface area contributed by atoms with Crippen molar-refractivity contribution in [2.45, 2.75) is 32.7 Å². The molecule has 0 aliphatic carbocycles. The van der Waals surface area contributed by atoms with E-state index in [2.05, 4.69) is 22.1 Å². The number of nitrogens with one attached hydrogen (secondary N) is 1. The van der Waals surface area contributed by atoms with Gasteiger partial charge in [0.15, 0.2) is 0 Å². The van der Waals surface area contributed by atoms with E-state index in [-0.39, 0.29) is 0 Å². The number of nitrogens with two attached hydrogens (primary N) is 1. The number of pyridine rings is 1. The Kier molecular flexibility index (Phi) is 4.71. The monoisotopic (exact) mass is 278 g/mol. The van der Waals surface area contributed by atoms with Gasteiger partial charge in [0, 0.05) is 23.8 Å². The van der Waals surface area contributed by atoms with Crippen LogP contribution >= 0.6 is 12.2 Å². The molecule has 1 aromatic rings. The maximum Gasteiger partial charge on any atom is 0.126 e. The number of thiocarbonyl (C=S) groups is 1. The van der Waals surface area contributed by atoms with Gasteiger partial charge in [-0.1, -0.05) is 19.1 Å². The van der Waals surface area contributed by atoms with E-state index in [0.29, 0.717) is 11.0 Å². The van der Waals surface area contributed by atoms with E-state index in [9.17, 15) is 0 Å². The van der Waals surface area contributed by atoms with Crippen LogP contribution in [0.3, 0.4) is 0 Å². The van der Waals surface area contributed by atoms with Gasteiger partial charge in [-0.15, -0.1) is 0 Å². The topological polar surface area (TPSA) is 54.2 Å². The van der Waals surface area contributed by atoms with Crippen LogP contribution in [-0.4, -0.2) is 40.5 Å². The highest BCUT2D eigenvalue weighted by molar-refractivity contribution is 7.80. The fourth-order valence-corrected chi connectivity index (χ4v) is 2.78. The van der Waals surface area contributed by atoms with Gasteiger partial charge in [0.2, 0.25) is 0 Å². The minimum Gasteiger partial charge on any atom is -0.389 e. The smallest absolute Gasteiger partial charge is 0.126 e. The van der Waals surface area contributed by atoms with Gasteiger partial charge < -0.3 is 11.1 Å². The van der Waals surface area contributed by atoms with E-state index in [1.165, 1.54) is 19.4 Å². The molecule has 2 rings (SSSR count). The van der Waals surface area contributed by atoms with Crippen LogP contribution in [0, 0.1) is 6.92 Å². The van der Waals surface area contributed by atoms with Crippen LogP contribution in [0.15, 0.2) is 12.1 Å². The highest BCUT2D eigenvalue weighted by Gasteiger charge is 2.22. The number of likely N-dealkylation sites (tertiary alicyclic amines) is 1. The summed E-state index contributed by atoms with van der Waals surface area (Å²) in [5, 5.41) is 3.42. The zero-order valence-electron chi connectivity index (χ0n) is 11.6. The molecule has 0 saturated carbocycles. The van der Waals surface area contributed by atoms with Crippen LogP contribution in [0.1, 0.15) is 31.0 Å². The molecule has 0 amide bonds. The number of nitrogens with zero attached hydrogens (tertiary/aromatic N) is 2. The Morgan fingerprint density at radius 2 is 2.37 bits per heavy atom. The molecule has 4 nitrogen and oxygen atoms in total. The van der Waals surface area contributed by atoms with Crippen LogP contribution in [0.2, 0.25) is 0 Å². The Morgan fingerprint density at radius 3 is 3.05 bits per heavy atom. The summed E-state index contributed by atoms with van der Waals surface area (Å²) in [5.74, 6) is 0.866. The van der Waals surface area contributed by atoms with E-state index < -0.39 is 0 Å². The fourth-order valence-electron chi connectivity index (χ4n) is 2.67. The Morgan fingerprint density at radius 1 is 1.58 bits per heavy atom. The fraction of sp³-hybridized carbons (Fsp3) is 0.571. The van der Waals surface area contributed by atoms with Gasteiger partial charge in [-0.2, -0.15) is 0 Å². The molecule has 3 N–H and O–H groups in total. The van der Waals surface area contributed by atoms with Crippen molar-refractivity contribution in [2.75, 3.05) is 25.0 Å². The first kappa shape index (κ1) is 14.2. The minimum atomic E-state index is 0.421. The molecule has 2 heterocycles. The molecule has 1 aromatic heterocycles. The first-order chi connectivity index (χ1) is 9.10. The molecule has 1 saturated heterocycles. The second-order valence-electron chi connectivity index (χ2n) is 5.05. The number of hydrogen-bond acceptors (Lipinski definition) is 4. The summed E-state index contributed by atoms with van der Waals surface area (Å²) in [6.07, 6.45) is 2.55. The third-order valence-electron chi connectivity index (χ3n) is 3.66. The zero-order valence-corrected chi connectivity index (χ0v) is 12.5. The Labute approximate surface area is 120 Å². The van der Waals surface area contributed by atoms with Crippen LogP contribution < -0.4 is 11.1 Å². The molecule has 1 atom stereocenters. The maximum atomic E-state index is 5.68. The third kappa shape index (κ3) is 3.64. The van der Waals surface area contributed by atoms with E-state index in [1.54, 1.807) is 0 Å². The lowest BCUT2D eigenvalue weighted by atomic mass is 10.2. The van der Waals surface area contributed by atoms with Crippen molar-refractivity contribution in [2.24, 2.45) is 5.73 Å². The molecular weight excluding hydrogens is 256 g/mol. The van der Waals surface area contributed by atoms with Gasteiger partial charge >= 0.3 is 0 Å². The lowest BCUT2D eigenvalue weighted by Gasteiger charge is -2.23. The molecule has 104 valence electrons. The van der Waals surface area contributed by atoms with Gasteiger partial charge in [0.25, 0.3) is 0 Å². The molecule has 1 unspecified atom stereocenters. The molecule has 19 heavy (non-hydrogen) atoms. The van der Waals surface area contributed by atoms with Crippen molar-refractivity contribution in [3.8, 4) is 0 Å². The van der Waals surface area contributed by atoms with Gasteiger partial charge in [0.1, 0.15) is 10.8 Å². The van der Waals surface area contributed by atoms with Crippen molar-refractivity contribution in [1.82, 2.24) is 9.88 Å². The zero-order chi connectivity index (χ0) is 13.8. The summed E-state index contributed by atoms with van der Waals surface area (Å²) in [5.41, 5.74) is 7.50. The predicted octanol–water partition coefficient (Wildman–Crippen LogP) is 1.92. The van der Waals surface area contributed by atoms with Gasteiger partial charge in [0.05, 0.1) is 0 Å². The average molecular weight is 278 g/mol. The molecule has 0 bridgehead atoms. The van der Waals surface area contributed by atoms with Crippen molar-refractivity contribution < 1.29 is 0 Å². The summed E-state index contributed by atoms with van der Waals surface area (Å²) < 4.78 is 0. The lowest BCUT2D eigenvalue weighted by Crippen LogP contribution is -2.34. The van der Waals surface area contributed by atoms with E-state index in [0.717, 1.165) is 30.2 Å². The van der Waals surface area contributed by atoms with Crippen LogP contribution in [0.5, 0.6) is 0 Å². The number of likely N-dealkylation sites (N-methyl/N-ethyl adjacent to an activating group) is 1. The summed E-state index contributed by atoms with van der Waals surface area (Å²) in [6, 6.07) is 4.46. The summed E-state index contributed by atoms with van der Waals surface area (Å²) in [6.45, 7) is 7.43. The van der Waals surface area contributed by atoms with Crippen molar-refractivity contribution in [1.29, 1.82) is 0 Å². The highest BCUT2D eigenvalue weighted by atomic mass is 32.1. The van der Waals surface area contributed by atoms with Crippen LogP contribution in [-0.2, 0) is 0 Å². The largest absolute Gasteiger partial charge is 0.389 e. The van der Waals surface area contributed by atoms with Crippen molar-refractivity contribution in [3.05, 3.63) is 23.4 Å². The molecule has 1 aliphatic heterocycles. The van der Waals surface area contributed by atoms with Crippen molar-refractivity contribution in [3.63, 3.8) is 0 Å². The minimum absolute atomic E-state index is 0.421. The lowest BCUT2D eigenvalue weighted by molar-refractivity contribution is 0.277. The molecule has 0 spiro atoms. The maximum absolute atomic E-state index is 5.68. The van der Waals surface area contributed by atoms with Gasteiger partial charge in [-0.25, -0.2) is 4.98 Å². The van der Waals surface area contributed by atoms with Crippen molar-refractivity contribution >= 4 is 23.0 Å². The van der Waals surface area contributed by atoms with Crippen LogP contribution in [0.25, 0.3) is 0 Å². The first-order valence-electron chi connectivity index (χ1n) is 6.86. The SMILES string of the molecule is CCN1CCCC1CNc1cc(C(N)=S)cc(C)n1. The summed E-state index contributed by atoms with van der Waals surface area (Å²) >= 11 is 5.02. The normalized spacial score (nSPS) is 19.6. The van der Waals surface area contributed by atoms with E-state index in [1.807, 2.05) is 19.1 Å². The van der Waals surface area contributed by atoms with E-state index in [4.69, 9.17) is 18.0 Å². The van der Waals surface area contributed by atoms with Gasteiger partial charge in [-0.05, 0) is 45.0 Å². The number of hydrogen-bond donors (Lipinski definition) is 2. The molecule has 5 heteroatoms. The predicted molar refractivity (Wildman–Crippen MR) is 83.6 cm³/mol. The second kappa shape index (κ2) is 6.30. The number of anilines is 1. The van der Waals surface area contributed by atoms with Gasteiger partial charge in [-0.3, -0.25) is 4.90 Å². The number of rotatable bonds is 5. The Hall–Kier alpha value is -1.20. The average Bonchev–Trinajstić information content (AvgIpc) is 2.83. The standard InChI is InChI=1S/C14H22N4S/c1-3-18-6-4-5-12(18)9-16-13-8-11(14(15)19)7-10(2)17-13/h7-8,12H,3-6,9H2,1-2H3,(H2,15,19)(H,16,17). The molecule has 0 radical (unpaired) electrons. The first-order valence-corrected chi connectivity index (χ1v) is 7.27. The molecule has 1 fully saturated rings. The Balaban J connectivity index is 2.01.